The van der Waals surface area contributed by atoms with Gasteiger partial charge in [0, 0.05) is 0 Å². The van der Waals surface area contributed by atoms with Gasteiger partial charge >= 0.3 is 11.9 Å². The number of carbonyl (C=O) groups excluding carboxylic acids is 1. The van der Waals surface area contributed by atoms with Gasteiger partial charge in [0.2, 0.25) is 0 Å². The van der Waals surface area contributed by atoms with E-state index in [1.165, 1.54) is 0 Å². The van der Waals surface area contributed by atoms with Crippen LogP contribution in [-0.4, -0.2) is 23.7 Å². The smallest absolute Gasteiger partial charge is 0.338 e. The fourth-order valence-electron chi connectivity index (χ4n) is 1.07. The van der Waals surface area contributed by atoms with Crippen LogP contribution in [0.15, 0.2) is 30.8 Å². The molecule has 1 aromatic rings. The number of rotatable bonds is 5. The number of benzene rings is 1. The average Bonchev–Trinajstić information content (AvgIpc) is 2.28. The predicted octanol–water partition coefficient (Wildman–Crippen LogP) is 1.96. The fraction of sp³-hybridized carbons (Fsp3) is 0.167. The first kappa shape index (κ1) is 12.0. The molecule has 0 saturated carbocycles. The molecule has 16 heavy (non-hydrogen) atoms. The molecular formula is C12H12O4. The highest BCUT2D eigenvalue weighted by atomic mass is 16.5. The zero-order valence-corrected chi connectivity index (χ0v) is 8.68. The van der Waals surface area contributed by atoms with Crippen molar-refractivity contribution in [3.63, 3.8) is 0 Å². The highest BCUT2D eigenvalue weighted by Crippen LogP contribution is 2.06. The highest BCUT2D eigenvalue weighted by Gasteiger charge is 2.07. The second kappa shape index (κ2) is 5.70. The van der Waals surface area contributed by atoms with Crippen molar-refractivity contribution < 1.29 is 19.4 Å². The van der Waals surface area contributed by atoms with Crippen molar-refractivity contribution in [2.45, 2.75) is 6.42 Å². The number of esters is 1. The van der Waals surface area contributed by atoms with Crippen molar-refractivity contribution in [1.29, 1.82) is 0 Å². The number of carboxylic acid groups (broad SMARTS) is 1. The molecule has 0 spiro atoms. The average molecular weight is 220 g/mol. The second-order valence-corrected chi connectivity index (χ2v) is 3.11. The summed E-state index contributed by atoms with van der Waals surface area (Å²) < 4.78 is 4.77. The molecule has 0 aliphatic carbocycles. The van der Waals surface area contributed by atoms with Crippen LogP contribution in [0.25, 0.3) is 6.08 Å². The minimum Gasteiger partial charge on any atom is -0.481 e. The van der Waals surface area contributed by atoms with Gasteiger partial charge in [0.15, 0.2) is 0 Å². The molecule has 0 heterocycles. The quantitative estimate of drug-likeness (QED) is 0.770. The molecule has 0 aliphatic heterocycles. The maximum Gasteiger partial charge on any atom is 0.338 e. The molecule has 0 amide bonds. The summed E-state index contributed by atoms with van der Waals surface area (Å²) in [5, 5.41) is 8.36. The third-order valence-electron chi connectivity index (χ3n) is 1.93. The minimum atomic E-state index is -0.991. The zero-order chi connectivity index (χ0) is 12.0. The summed E-state index contributed by atoms with van der Waals surface area (Å²) in [6.45, 7) is 3.48. The standard InChI is InChI=1S/C12H12O4/c1-2-9-3-5-10(6-4-9)12(15)16-8-7-11(13)14/h2-6H,1,7-8H2,(H,13,14). The minimum absolute atomic E-state index is 0.114. The van der Waals surface area contributed by atoms with Gasteiger partial charge < -0.3 is 9.84 Å². The molecule has 1 aromatic carbocycles. The summed E-state index contributed by atoms with van der Waals surface area (Å²) in [5.74, 6) is -1.51. The summed E-state index contributed by atoms with van der Waals surface area (Å²) in [6.07, 6.45) is 1.48. The molecule has 0 aliphatic rings. The topological polar surface area (TPSA) is 63.6 Å². The Hall–Kier alpha value is -2.10. The molecule has 1 rings (SSSR count). The van der Waals surface area contributed by atoms with Gasteiger partial charge in [-0.2, -0.15) is 0 Å². The second-order valence-electron chi connectivity index (χ2n) is 3.11. The molecule has 0 bridgehead atoms. The molecule has 1 N–H and O–H groups in total. The third kappa shape index (κ3) is 3.57. The lowest BCUT2D eigenvalue weighted by molar-refractivity contribution is -0.137. The van der Waals surface area contributed by atoms with E-state index in [0.717, 1.165) is 5.56 Å². The Morgan fingerprint density at radius 3 is 2.44 bits per heavy atom. The Kier molecular flexibility index (Phi) is 4.27. The van der Waals surface area contributed by atoms with Crippen LogP contribution in [0.2, 0.25) is 0 Å². The first-order valence-electron chi connectivity index (χ1n) is 4.75. The third-order valence-corrected chi connectivity index (χ3v) is 1.93. The number of ether oxygens (including phenoxy) is 1. The summed E-state index contributed by atoms with van der Waals surface area (Å²) in [6, 6.07) is 6.70. The monoisotopic (exact) mass is 220 g/mol. The summed E-state index contributed by atoms with van der Waals surface area (Å²) in [5.41, 5.74) is 1.30. The molecule has 0 saturated heterocycles. The molecule has 0 atom stereocenters. The van der Waals surface area contributed by atoms with Crippen LogP contribution in [0.3, 0.4) is 0 Å². The van der Waals surface area contributed by atoms with E-state index >= 15 is 0 Å². The highest BCUT2D eigenvalue weighted by molar-refractivity contribution is 5.89. The van der Waals surface area contributed by atoms with Gasteiger partial charge in [-0.15, -0.1) is 0 Å². The molecule has 4 nitrogen and oxygen atoms in total. The lowest BCUT2D eigenvalue weighted by Crippen LogP contribution is -2.09. The van der Waals surface area contributed by atoms with Gasteiger partial charge in [0.25, 0.3) is 0 Å². The van der Waals surface area contributed by atoms with Crippen molar-refractivity contribution in [2.24, 2.45) is 0 Å². The SMILES string of the molecule is C=Cc1ccc(C(=O)OCCC(=O)O)cc1. The first-order chi connectivity index (χ1) is 7.63. The summed E-state index contributed by atoms with van der Waals surface area (Å²) >= 11 is 0. The number of hydrogen-bond acceptors (Lipinski definition) is 3. The van der Waals surface area contributed by atoms with Gasteiger partial charge in [0.05, 0.1) is 12.0 Å². The Morgan fingerprint density at radius 2 is 1.94 bits per heavy atom. The van der Waals surface area contributed by atoms with Crippen LogP contribution in [0, 0.1) is 0 Å². The van der Waals surface area contributed by atoms with E-state index in [0.29, 0.717) is 5.56 Å². The van der Waals surface area contributed by atoms with E-state index in [9.17, 15) is 9.59 Å². The van der Waals surface area contributed by atoms with E-state index < -0.39 is 11.9 Å². The van der Waals surface area contributed by atoms with Crippen LogP contribution >= 0.6 is 0 Å². The van der Waals surface area contributed by atoms with Crippen LogP contribution < -0.4 is 0 Å². The van der Waals surface area contributed by atoms with E-state index in [2.05, 4.69) is 6.58 Å². The van der Waals surface area contributed by atoms with Crippen LogP contribution in [0.1, 0.15) is 22.3 Å². The van der Waals surface area contributed by atoms with Gasteiger partial charge in [-0.1, -0.05) is 24.8 Å². The summed E-state index contributed by atoms with van der Waals surface area (Å²) in [7, 11) is 0. The largest absolute Gasteiger partial charge is 0.481 e. The molecule has 0 aromatic heterocycles. The Bertz CT molecular complexity index is 392. The molecule has 4 heteroatoms. The van der Waals surface area contributed by atoms with Crippen molar-refractivity contribution in [1.82, 2.24) is 0 Å². The first-order valence-corrected chi connectivity index (χ1v) is 4.75. The Morgan fingerprint density at radius 1 is 1.31 bits per heavy atom. The van der Waals surface area contributed by atoms with Crippen molar-refractivity contribution in [2.75, 3.05) is 6.61 Å². The summed E-state index contributed by atoms with van der Waals surface area (Å²) in [4.78, 5) is 21.6. The van der Waals surface area contributed by atoms with Crippen molar-refractivity contribution in [3.8, 4) is 0 Å². The van der Waals surface area contributed by atoms with Gasteiger partial charge in [-0.25, -0.2) is 4.79 Å². The predicted molar refractivity (Wildman–Crippen MR) is 59.1 cm³/mol. The maximum absolute atomic E-state index is 11.4. The fourth-order valence-corrected chi connectivity index (χ4v) is 1.07. The van der Waals surface area contributed by atoms with Crippen molar-refractivity contribution in [3.05, 3.63) is 42.0 Å². The normalized spacial score (nSPS) is 9.50. The van der Waals surface area contributed by atoms with Gasteiger partial charge in [-0.3, -0.25) is 4.79 Å². The van der Waals surface area contributed by atoms with E-state index in [1.807, 2.05) is 0 Å². The molecule has 0 unspecified atom stereocenters. The van der Waals surface area contributed by atoms with E-state index in [-0.39, 0.29) is 13.0 Å². The molecule has 0 radical (unpaired) electrons. The molecular weight excluding hydrogens is 208 g/mol. The maximum atomic E-state index is 11.4. The van der Waals surface area contributed by atoms with Gasteiger partial charge in [-0.05, 0) is 17.7 Å². The van der Waals surface area contributed by atoms with Crippen LogP contribution in [-0.2, 0) is 9.53 Å². The zero-order valence-electron chi connectivity index (χ0n) is 8.68. The Balaban J connectivity index is 2.52. The van der Waals surface area contributed by atoms with Crippen LogP contribution in [0.4, 0.5) is 0 Å². The van der Waals surface area contributed by atoms with Crippen molar-refractivity contribution >= 4 is 18.0 Å². The number of hydrogen-bond donors (Lipinski definition) is 1. The van der Waals surface area contributed by atoms with Crippen LogP contribution in [0.5, 0.6) is 0 Å². The lowest BCUT2D eigenvalue weighted by Gasteiger charge is -2.03. The number of aliphatic carboxylic acids is 1. The molecule has 0 fully saturated rings. The molecule has 84 valence electrons. The number of carboxylic acids is 1. The number of carbonyl (C=O) groups is 2. The van der Waals surface area contributed by atoms with Gasteiger partial charge in [0.1, 0.15) is 6.61 Å². The van der Waals surface area contributed by atoms with E-state index in [4.69, 9.17) is 9.84 Å². The lowest BCUT2D eigenvalue weighted by atomic mass is 10.1. The Labute approximate surface area is 93.2 Å². The van der Waals surface area contributed by atoms with E-state index in [1.54, 1.807) is 30.3 Å².